The van der Waals surface area contributed by atoms with Crippen LogP contribution in [0.3, 0.4) is 0 Å². The van der Waals surface area contributed by atoms with Crippen LogP contribution in [0.25, 0.3) is 0 Å². The van der Waals surface area contributed by atoms with Gasteiger partial charge in [-0.1, -0.05) is 140 Å². The van der Waals surface area contributed by atoms with Crippen LogP contribution in [0.5, 0.6) is 11.5 Å². The van der Waals surface area contributed by atoms with Crippen LogP contribution in [0.2, 0.25) is 0 Å². The highest BCUT2D eigenvalue weighted by molar-refractivity contribution is 5.69. The Labute approximate surface area is 334 Å². The third-order valence-corrected chi connectivity index (χ3v) is 9.62. The fourth-order valence-corrected chi connectivity index (χ4v) is 6.22. The van der Waals surface area contributed by atoms with Crippen molar-refractivity contribution in [3.05, 3.63) is 72.4 Å². The van der Waals surface area contributed by atoms with Crippen molar-refractivity contribution in [2.24, 2.45) is 0 Å². The summed E-state index contributed by atoms with van der Waals surface area (Å²) >= 11 is 0. The van der Waals surface area contributed by atoms with Crippen LogP contribution in [0.15, 0.2) is 66.8 Å². The van der Waals surface area contributed by atoms with E-state index < -0.39 is 0 Å². The molecule has 308 valence electrons. The van der Waals surface area contributed by atoms with E-state index in [4.69, 9.17) is 14.2 Å². The predicted octanol–water partition coefficient (Wildman–Crippen LogP) is 14.5. The van der Waals surface area contributed by atoms with Crippen molar-refractivity contribution in [1.29, 1.82) is 0 Å². The number of benzene rings is 1. The molecule has 0 bridgehead atoms. The van der Waals surface area contributed by atoms with Gasteiger partial charge in [-0.2, -0.15) is 0 Å². The lowest BCUT2D eigenvalue weighted by molar-refractivity contribution is -0.145. The van der Waals surface area contributed by atoms with Crippen molar-refractivity contribution in [2.75, 3.05) is 33.9 Å². The summed E-state index contributed by atoms with van der Waals surface area (Å²) in [5.74, 6) is 1.44. The number of carbonyl (C=O) groups is 1. The van der Waals surface area contributed by atoms with Crippen LogP contribution in [0, 0.1) is 0 Å². The maximum absolute atomic E-state index is 12.4. The van der Waals surface area contributed by atoms with E-state index in [1.807, 2.05) is 32.3 Å². The molecule has 0 aliphatic heterocycles. The Bertz CT molecular complexity index is 1100. The Hall–Kier alpha value is -2.79. The molecule has 1 aromatic rings. The molecule has 0 atom stereocenters. The van der Waals surface area contributed by atoms with E-state index in [-0.39, 0.29) is 12.6 Å². The first-order valence-corrected chi connectivity index (χ1v) is 22.4. The summed E-state index contributed by atoms with van der Waals surface area (Å²) in [6, 6.07) is 5.97. The monoisotopic (exact) mass is 750 g/mol. The molecule has 5 nitrogen and oxygen atoms in total. The molecule has 0 heterocycles. The van der Waals surface area contributed by atoms with Gasteiger partial charge in [0.1, 0.15) is 18.1 Å². The van der Waals surface area contributed by atoms with Gasteiger partial charge in [-0.25, -0.2) is 0 Å². The largest absolute Gasteiger partial charge is 0.494 e. The third kappa shape index (κ3) is 32.6. The van der Waals surface area contributed by atoms with E-state index >= 15 is 0 Å². The molecule has 0 saturated carbocycles. The first kappa shape index (κ1) is 49.2. The first-order valence-electron chi connectivity index (χ1n) is 22.4. The Morgan fingerprint density at radius 2 is 1.02 bits per heavy atom. The molecule has 0 aliphatic carbocycles. The lowest BCUT2D eigenvalue weighted by Gasteiger charge is -2.15. The van der Waals surface area contributed by atoms with E-state index in [0.717, 1.165) is 55.7 Å². The number of nitrogens with zero attached hydrogens (tertiary/aromatic N) is 1. The quantitative estimate of drug-likeness (QED) is 0.0383. The van der Waals surface area contributed by atoms with Crippen molar-refractivity contribution in [3.8, 4) is 11.5 Å². The van der Waals surface area contributed by atoms with E-state index in [1.165, 1.54) is 128 Å². The standard InChI is InChI=1S/C49H83NO4/c1-5-7-9-11-13-15-17-19-21-23-25-27-29-31-33-35-42-52-47-39-40-48(46(44-47)45-54-49(51)38-37-41-50(3)4)53-43-36-34-32-30-28-26-24-22-20-18-16-14-12-10-8-6-2/h13-16,19-22,39-40,44H,5-12,17-18,23-38,41-43,45H2,1-4H3/b15-13+,16-14+,21-19+,22-20+. The average Bonchev–Trinajstić information content (AvgIpc) is 3.16. The van der Waals surface area contributed by atoms with Crippen LogP contribution in [-0.4, -0.2) is 44.7 Å². The summed E-state index contributed by atoms with van der Waals surface area (Å²) in [7, 11) is 4.04. The minimum Gasteiger partial charge on any atom is -0.494 e. The average molecular weight is 750 g/mol. The Balaban J connectivity index is 2.31. The molecule has 0 amide bonds. The maximum atomic E-state index is 12.4. The van der Waals surface area contributed by atoms with Gasteiger partial charge >= 0.3 is 5.97 Å². The van der Waals surface area contributed by atoms with Crippen molar-refractivity contribution in [3.63, 3.8) is 0 Å². The number of hydrogen-bond acceptors (Lipinski definition) is 5. The molecule has 0 saturated heterocycles. The molecule has 0 N–H and O–H groups in total. The molecule has 0 aliphatic rings. The van der Waals surface area contributed by atoms with Crippen molar-refractivity contribution in [1.82, 2.24) is 4.90 Å². The van der Waals surface area contributed by atoms with Crippen molar-refractivity contribution in [2.45, 2.75) is 187 Å². The summed E-state index contributed by atoms with van der Waals surface area (Å²) < 4.78 is 18.0. The normalized spacial score (nSPS) is 12.0. The van der Waals surface area contributed by atoms with E-state index in [0.29, 0.717) is 19.6 Å². The van der Waals surface area contributed by atoms with Crippen LogP contribution < -0.4 is 9.47 Å². The highest BCUT2D eigenvalue weighted by Gasteiger charge is 2.11. The zero-order valence-corrected chi connectivity index (χ0v) is 35.6. The molecule has 1 aromatic carbocycles. The smallest absolute Gasteiger partial charge is 0.306 e. The zero-order valence-electron chi connectivity index (χ0n) is 35.6. The number of hydrogen-bond donors (Lipinski definition) is 0. The lowest BCUT2D eigenvalue weighted by atomic mass is 10.1. The molecule has 0 spiro atoms. The number of ether oxygens (including phenoxy) is 3. The SMILES string of the molecule is CCCCC/C=C/C/C=C/CCCCCCCCOc1ccc(OCCCCCCCC/C=C/C/C=C/CCCCC)c(COC(=O)CCCN(C)C)c1. The van der Waals surface area contributed by atoms with Crippen LogP contribution in [0.4, 0.5) is 0 Å². The molecule has 0 radical (unpaired) electrons. The topological polar surface area (TPSA) is 48.0 Å². The number of rotatable bonds is 38. The van der Waals surface area contributed by atoms with Crippen LogP contribution >= 0.6 is 0 Å². The summed E-state index contributed by atoms with van der Waals surface area (Å²) in [5, 5.41) is 0. The number of allylic oxidation sites excluding steroid dienone is 8. The number of carbonyl (C=O) groups excluding carboxylic acids is 1. The lowest BCUT2D eigenvalue weighted by Crippen LogP contribution is -2.15. The molecule has 0 aromatic heterocycles. The van der Waals surface area contributed by atoms with Crippen molar-refractivity contribution >= 4 is 5.97 Å². The van der Waals surface area contributed by atoms with Gasteiger partial charge in [0.25, 0.3) is 0 Å². The van der Waals surface area contributed by atoms with Gasteiger partial charge in [-0.15, -0.1) is 0 Å². The second-order valence-electron chi connectivity index (χ2n) is 15.2. The van der Waals surface area contributed by atoms with Crippen LogP contribution in [0.1, 0.15) is 186 Å². The second kappa shape index (κ2) is 38.5. The molecule has 5 heteroatoms. The third-order valence-electron chi connectivity index (χ3n) is 9.62. The number of esters is 1. The predicted molar refractivity (Wildman–Crippen MR) is 234 cm³/mol. The van der Waals surface area contributed by atoms with Gasteiger partial charge in [0, 0.05) is 12.0 Å². The Morgan fingerprint density at radius 1 is 0.556 bits per heavy atom. The fourth-order valence-electron chi connectivity index (χ4n) is 6.22. The summed E-state index contributed by atoms with van der Waals surface area (Å²) in [5.41, 5.74) is 0.880. The Morgan fingerprint density at radius 3 is 1.52 bits per heavy atom. The summed E-state index contributed by atoms with van der Waals surface area (Å²) in [6.45, 7) is 6.96. The Kier molecular flexibility index (Phi) is 35.1. The van der Waals surface area contributed by atoms with Gasteiger partial charge in [-0.3, -0.25) is 4.79 Å². The molecule has 54 heavy (non-hydrogen) atoms. The minimum atomic E-state index is -0.166. The van der Waals surface area contributed by atoms with Gasteiger partial charge in [0.15, 0.2) is 0 Å². The summed E-state index contributed by atoms with van der Waals surface area (Å²) in [4.78, 5) is 14.5. The maximum Gasteiger partial charge on any atom is 0.306 e. The highest BCUT2D eigenvalue weighted by Crippen LogP contribution is 2.26. The van der Waals surface area contributed by atoms with E-state index in [9.17, 15) is 4.79 Å². The van der Waals surface area contributed by atoms with Gasteiger partial charge < -0.3 is 19.1 Å². The number of unbranched alkanes of at least 4 members (excludes halogenated alkanes) is 18. The summed E-state index contributed by atoms with van der Waals surface area (Å²) in [6.07, 6.45) is 49.3. The van der Waals surface area contributed by atoms with Gasteiger partial charge in [0.05, 0.1) is 13.2 Å². The molecule has 1 rings (SSSR count). The molecule has 0 unspecified atom stereocenters. The van der Waals surface area contributed by atoms with Gasteiger partial charge in [0.2, 0.25) is 0 Å². The molecule has 0 fully saturated rings. The van der Waals surface area contributed by atoms with E-state index in [2.05, 4.69) is 67.4 Å². The molecular formula is C49H83NO4. The first-order chi connectivity index (χ1) is 26.6. The minimum absolute atomic E-state index is 0.166. The molecular weight excluding hydrogens is 667 g/mol. The van der Waals surface area contributed by atoms with Crippen LogP contribution in [-0.2, 0) is 16.1 Å². The highest BCUT2D eigenvalue weighted by atomic mass is 16.5. The van der Waals surface area contributed by atoms with Gasteiger partial charge in [-0.05, 0) is 122 Å². The van der Waals surface area contributed by atoms with E-state index in [1.54, 1.807) is 0 Å². The van der Waals surface area contributed by atoms with Crippen molar-refractivity contribution < 1.29 is 19.0 Å². The second-order valence-corrected chi connectivity index (χ2v) is 15.2. The fraction of sp³-hybridized carbons (Fsp3) is 0.694. The zero-order chi connectivity index (χ0) is 39.0.